The molecule has 1 heterocycles. The van der Waals surface area contributed by atoms with E-state index in [-0.39, 0.29) is 11.3 Å². The lowest BCUT2D eigenvalue weighted by Crippen LogP contribution is -2.20. The van der Waals surface area contributed by atoms with E-state index < -0.39 is 30.2 Å². The number of aliphatic hydroxyl groups excluding tert-OH is 1. The summed E-state index contributed by atoms with van der Waals surface area (Å²) in [4.78, 5) is 8.31. The van der Waals surface area contributed by atoms with Gasteiger partial charge in [-0.05, 0) is 31.9 Å². The molecule has 0 radical (unpaired) electrons. The molecule has 0 spiro atoms. The summed E-state index contributed by atoms with van der Waals surface area (Å²) >= 11 is 1.18. The highest BCUT2D eigenvalue weighted by molar-refractivity contribution is 7.13. The van der Waals surface area contributed by atoms with E-state index in [4.69, 9.17) is 0 Å². The SMILES string of the molecule is CCCC(C)=Nc1c(C)c(-c2nccs2)cc(C(O)C(F)F)c1OC(F)(F)F. The lowest BCUT2D eigenvalue weighted by atomic mass is 9.98. The first kappa shape index (κ1) is 22.2. The maximum atomic E-state index is 13.2. The molecule has 2 rings (SSSR count). The Morgan fingerprint density at radius 1 is 1.36 bits per heavy atom. The Labute approximate surface area is 162 Å². The van der Waals surface area contributed by atoms with E-state index in [0.717, 1.165) is 6.07 Å². The van der Waals surface area contributed by atoms with E-state index in [1.165, 1.54) is 24.5 Å². The zero-order chi connectivity index (χ0) is 21.1. The van der Waals surface area contributed by atoms with Crippen LogP contribution in [0, 0.1) is 6.92 Å². The minimum absolute atomic E-state index is 0.245. The molecule has 1 atom stereocenters. The summed E-state index contributed by atoms with van der Waals surface area (Å²) in [6, 6.07) is 1.06. The van der Waals surface area contributed by atoms with Crippen LogP contribution in [-0.2, 0) is 0 Å². The monoisotopic (exact) mass is 422 g/mol. The predicted molar refractivity (Wildman–Crippen MR) is 97.6 cm³/mol. The van der Waals surface area contributed by atoms with Crippen molar-refractivity contribution in [1.82, 2.24) is 4.98 Å². The van der Waals surface area contributed by atoms with E-state index in [9.17, 15) is 27.1 Å². The molecule has 2 aromatic rings. The number of nitrogens with zero attached hydrogens (tertiary/aromatic N) is 2. The van der Waals surface area contributed by atoms with Crippen LogP contribution in [0.2, 0.25) is 0 Å². The Bertz CT molecular complexity index is 835. The van der Waals surface area contributed by atoms with Gasteiger partial charge in [0.05, 0.1) is 0 Å². The molecule has 0 saturated heterocycles. The van der Waals surface area contributed by atoms with Gasteiger partial charge in [-0.1, -0.05) is 13.3 Å². The standard InChI is InChI=1S/C18H19F5N2O2S/c1-4-5-9(2)25-13-10(3)11(17-24-6-7-28-17)8-12(14(26)16(19)20)15(13)27-18(21,22)23/h6-8,14,16,26H,4-5H2,1-3H3. The number of hydrogen-bond donors (Lipinski definition) is 1. The van der Waals surface area contributed by atoms with Gasteiger partial charge >= 0.3 is 6.36 Å². The van der Waals surface area contributed by atoms with Crippen molar-refractivity contribution in [2.24, 2.45) is 4.99 Å². The van der Waals surface area contributed by atoms with Gasteiger partial charge in [-0.3, -0.25) is 4.99 Å². The van der Waals surface area contributed by atoms with Crippen molar-refractivity contribution < 1.29 is 31.8 Å². The van der Waals surface area contributed by atoms with Crippen LogP contribution < -0.4 is 4.74 Å². The molecule has 0 fully saturated rings. The summed E-state index contributed by atoms with van der Waals surface area (Å²) in [5.74, 6) is -0.923. The fourth-order valence-corrected chi connectivity index (χ4v) is 3.38. The number of aliphatic imine (C=N–C) groups is 1. The Morgan fingerprint density at radius 3 is 2.54 bits per heavy atom. The number of aromatic nitrogens is 1. The molecule has 1 unspecified atom stereocenters. The van der Waals surface area contributed by atoms with Gasteiger partial charge in [0.25, 0.3) is 6.43 Å². The number of benzene rings is 1. The van der Waals surface area contributed by atoms with E-state index in [0.29, 0.717) is 29.1 Å². The van der Waals surface area contributed by atoms with Crippen LogP contribution in [0.25, 0.3) is 10.6 Å². The molecule has 4 nitrogen and oxygen atoms in total. The lowest BCUT2D eigenvalue weighted by molar-refractivity contribution is -0.275. The van der Waals surface area contributed by atoms with Gasteiger partial charge in [-0.15, -0.1) is 24.5 Å². The van der Waals surface area contributed by atoms with Crippen LogP contribution in [0.4, 0.5) is 27.6 Å². The van der Waals surface area contributed by atoms with Crippen molar-refractivity contribution in [3.8, 4) is 16.3 Å². The molecule has 1 N–H and O–H groups in total. The topological polar surface area (TPSA) is 54.7 Å². The maximum absolute atomic E-state index is 13.2. The second-order valence-corrected chi connectivity index (χ2v) is 6.97. The molecule has 0 amide bonds. The van der Waals surface area contributed by atoms with E-state index in [1.807, 2.05) is 6.92 Å². The van der Waals surface area contributed by atoms with Crippen molar-refractivity contribution in [2.45, 2.75) is 52.5 Å². The number of thiazole rings is 1. The smallest absolute Gasteiger partial charge is 0.403 e. The largest absolute Gasteiger partial charge is 0.573 e. The van der Waals surface area contributed by atoms with Crippen LogP contribution in [0.5, 0.6) is 5.75 Å². The van der Waals surface area contributed by atoms with Gasteiger partial charge in [-0.2, -0.15) is 0 Å². The summed E-state index contributed by atoms with van der Waals surface area (Å²) in [7, 11) is 0. The Kier molecular flexibility index (Phi) is 7.11. The maximum Gasteiger partial charge on any atom is 0.573 e. The third-order valence-corrected chi connectivity index (χ3v) is 4.70. The second kappa shape index (κ2) is 8.95. The Balaban J connectivity index is 2.84. The highest BCUT2D eigenvalue weighted by Gasteiger charge is 2.37. The number of alkyl halides is 5. The number of hydrogen-bond acceptors (Lipinski definition) is 5. The molecule has 0 aliphatic heterocycles. The molecular weight excluding hydrogens is 403 g/mol. The molecule has 154 valence electrons. The van der Waals surface area contributed by atoms with E-state index >= 15 is 0 Å². The summed E-state index contributed by atoms with van der Waals surface area (Å²) < 4.78 is 69.4. The molecule has 0 aliphatic rings. The fraction of sp³-hybridized carbons (Fsp3) is 0.444. The Morgan fingerprint density at radius 2 is 2.04 bits per heavy atom. The van der Waals surface area contributed by atoms with E-state index in [2.05, 4.69) is 14.7 Å². The third kappa shape index (κ3) is 5.26. The van der Waals surface area contributed by atoms with Gasteiger partial charge in [0.1, 0.15) is 16.8 Å². The zero-order valence-corrected chi connectivity index (χ0v) is 16.2. The van der Waals surface area contributed by atoms with Crippen molar-refractivity contribution in [3.63, 3.8) is 0 Å². The number of rotatable bonds is 7. The molecular formula is C18H19F5N2O2S. The molecule has 10 heteroatoms. The lowest BCUT2D eigenvalue weighted by Gasteiger charge is -2.22. The van der Waals surface area contributed by atoms with Crippen molar-refractivity contribution in [3.05, 3.63) is 28.8 Å². The van der Waals surface area contributed by atoms with Crippen molar-refractivity contribution in [1.29, 1.82) is 0 Å². The molecule has 0 saturated carbocycles. The first-order chi connectivity index (χ1) is 13.0. The van der Waals surface area contributed by atoms with Crippen molar-refractivity contribution in [2.75, 3.05) is 0 Å². The Hall–Kier alpha value is -2.07. The second-order valence-electron chi connectivity index (χ2n) is 6.08. The van der Waals surface area contributed by atoms with E-state index in [1.54, 1.807) is 12.3 Å². The number of ether oxygens (including phenoxy) is 1. The first-order valence-corrected chi connectivity index (χ1v) is 9.26. The average Bonchev–Trinajstić information content (AvgIpc) is 3.11. The van der Waals surface area contributed by atoms with Crippen molar-refractivity contribution >= 4 is 22.7 Å². The normalized spacial score (nSPS) is 13.9. The summed E-state index contributed by atoms with van der Waals surface area (Å²) in [6.07, 6.45) is -8.25. The minimum Gasteiger partial charge on any atom is -0.403 e. The summed E-state index contributed by atoms with van der Waals surface area (Å²) in [5, 5.41) is 11.9. The predicted octanol–water partition coefficient (Wildman–Crippen LogP) is 6.21. The van der Waals surface area contributed by atoms with Gasteiger partial charge in [0, 0.05) is 28.4 Å². The highest BCUT2D eigenvalue weighted by atomic mass is 32.1. The van der Waals surface area contributed by atoms with Crippen LogP contribution in [-0.4, -0.2) is 28.6 Å². The van der Waals surface area contributed by atoms with Crippen LogP contribution in [0.3, 0.4) is 0 Å². The van der Waals surface area contributed by atoms with Crippen LogP contribution >= 0.6 is 11.3 Å². The summed E-state index contributed by atoms with van der Waals surface area (Å²) in [6.45, 7) is 5.01. The first-order valence-electron chi connectivity index (χ1n) is 8.38. The van der Waals surface area contributed by atoms with Gasteiger partial charge in [-0.25, -0.2) is 13.8 Å². The molecule has 28 heavy (non-hydrogen) atoms. The quantitative estimate of drug-likeness (QED) is 0.426. The van der Waals surface area contributed by atoms with Gasteiger partial charge in [0.15, 0.2) is 5.75 Å². The van der Waals surface area contributed by atoms with Crippen LogP contribution in [0.15, 0.2) is 22.6 Å². The zero-order valence-electron chi connectivity index (χ0n) is 15.3. The number of aliphatic hydroxyl groups is 1. The minimum atomic E-state index is -5.14. The average molecular weight is 422 g/mol. The summed E-state index contributed by atoms with van der Waals surface area (Å²) in [5.41, 5.74) is 0.167. The molecule has 1 aromatic carbocycles. The third-order valence-electron chi connectivity index (χ3n) is 3.89. The molecule has 0 aliphatic carbocycles. The van der Waals surface area contributed by atoms with Gasteiger partial charge in [0.2, 0.25) is 0 Å². The molecule has 1 aromatic heterocycles. The van der Waals surface area contributed by atoms with Crippen LogP contribution in [0.1, 0.15) is 43.9 Å². The fourth-order valence-electron chi connectivity index (χ4n) is 2.66. The number of halogens is 5. The van der Waals surface area contributed by atoms with Gasteiger partial charge < -0.3 is 9.84 Å². The molecule has 0 bridgehead atoms. The highest BCUT2D eigenvalue weighted by Crippen LogP contribution is 2.46.